The van der Waals surface area contributed by atoms with Crippen molar-refractivity contribution in [1.29, 1.82) is 0 Å². The van der Waals surface area contributed by atoms with Gasteiger partial charge in [0, 0.05) is 29.8 Å². The molecule has 1 aliphatic rings. The lowest BCUT2D eigenvalue weighted by atomic mass is 9.91. The van der Waals surface area contributed by atoms with Gasteiger partial charge in [-0.3, -0.25) is 19.0 Å². The summed E-state index contributed by atoms with van der Waals surface area (Å²) in [5.74, 6) is -3.19. The molecule has 1 aliphatic heterocycles. The van der Waals surface area contributed by atoms with Crippen molar-refractivity contribution in [3.05, 3.63) is 82.8 Å². The first-order valence-corrected chi connectivity index (χ1v) is 14.7. The third-order valence-corrected chi connectivity index (χ3v) is 8.77. The molecule has 1 unspecified atom stereocenters. The number of piperidine rings is 1. The Hall–Kier alpha value is -4.44. The first kappa shape index (κ1) is 30.0. The van der Waals surface area contributed by atoms with Crippen molar-refractivity contribution in [3.63, 3.8) is 0 Å². The second-order valence-corrected chi connectivity index (χ2v) is 12.4. The topological polar surface area (TPSA) is 140 Å². The zero-order valence-electron chi connectivity index (χ0n) is 22.5. The van der Waals surface area contributed by atoms with Crippen LogP contribution < -0.4 is 5.56 Å². The summed E-state index contributed by atoms with van der Waals surface area (Å²) in [6.45, 7) is 0.373. The third-order valence-electron chi connectivity index (χ3n) is 7.11. The smallest absolute Gasteiger partial charge is 0.388 e. The molecule has 0 spiro atoms. The number of halogens is 4. The molecule has 16 heteroatoms. The van der Waals surface area contributed by atoms with Crippen LogP contribution in [0.15, 0.2) is 75.1 Å². The minimum Gasteiger partial charge on any atom is -0.388 e. The molecule has 1 saturated heterocycles. The van der Waals surface area contributed by atoms with E-state index in [1.165, 1.54) is 70.3 Å². The normalized spacial score (nSPS) is 16.6. The van der Waals surface area contributed by atoms with Crippen LogP contribution in [0.2, 0.25) is 0 Å². The molecule has 3 heterocycles. The van der Waals surface area contributed by atoms with Crippen LogP contribution in [-0.4, -0.2) is 76.5 Å². The van der Waals surface area contributed by atoms with Gasteiger partial charge in [0.25, 0.3) is 11.5 Å². The van der Waals surface area contributed by atoms with Crippen molar-refractivity contribution in [2.45, 2.75) is 36.1 Å². The average Bonchev–Trinajstić information content (AvgIpc) is 3.39. The predicted octanol–water partition coefficient (Wildman–Crippen LogP) is 2.93. The number of likely N-dealkylation sites (tertiary alicyclic amines) is 1. The highest BCUT2D eigenvalue weighted by Crippen LogP contribution is 2.26. The van der Waals surface area contributed by atoms with Gasteiger partial charge >= 0.3 is 12.1 Å². The molecular weight excluding hydrogens is 596 g/mol. The summed E-state index contributed by atoms with van der Waals surface area (Å²) >= 11 is 0. The number of amides is 2. The Morgan fingerprint density at radius 2 is 1.70 bits per heavy atom. The number of hydrogen-bond donors (Lipinski definition) is 1. The zero-order valence-corrected chi connectivity index (χ0v) is 23.3. The Morgan fingerprint density at radius 3 is 2.30 bits per heavy atom. The summed E-state index contributed by atoms with van der Waals surface area (Å²) < 4.78 is 68.9. The summed E-state index contributed by atoms with van der Waals surface area (Å²) in [5, 5.41) is 15.5. The van der Waals surface area contributed by atoms with E-state index < -0.39 is 38.8 Å². The Bertz CT molecular complexity index is 1890. The van der Waals surface area contributed by atoms with E-state index in [-0.39, 0.29) is 54.3 Å². The molecule has 1 N–H and O–H groups in total. The van der Waals surface area contributed by atoms with E-state index in [1.807, 2.05) is 0 Å². The number of alkyl halides is 3. The molecule has 2 aromatic heterocycles. The van der Waals surface area contributed by atoms with Crippen LogP contribution >= 0.6 is 0 Å². The Labute approximate surface area is 241 Å². The number of carbonyl (C=O) groups is 2. The van der Waals surface area contributed by atoms with Crippen molar-refractivity contribution < 1.29 is 36.5 Å². The molecule has 0 radical (unpaired) electrons. The summed E-state index contributed by atoms with van der Waals surface area (Å²) in [5.41, 5.74) is -0.935. The zero-order chi connectivity index (χ0) is 31.2. The lowest BCUT2D eigenvalue weighted by Gasteiger charge is -2.38. The first-order valence-electron chi connectivity index (χ1n) is 12.8. The molecule has 2 aromatic carbocycles. The van der Waals surface area contributed by atoms with E-state index in [0.29, 0.717) is 11.3 Å². The third kappa shape index (κ3) is 6.19. The number of nitrogens with zero attached hydrogens (tertiary/aromatic N) is 6. The highest BCUT2D eigenvalue weighted by atomic mass is 32.2. The number of aromatic nitrogens is 4. The van der Waals surface area contributed by atoms with Gasteiger partial charge in [0.15, 0.2) is 5.65 Å². The minimum absolute atomic E-state index is 0.0851. The van der Waals surface area contributed by atoms with Crippen LogP contribution in [0.3, 0.4) is 0 Å². The average molecular weight is 621 g/mol. The van der Waals surface area contributed by atoms with E-state index in [9.17, 15) is 41.3 Å². The van der Waals surface area contributed by atoms with Gasteiger partial charge in [-0.15, -0.1) is 4.36 Å². The van der Waals surface area contributed by atoms with Gasteiger partial charge in [0.05, 0.1) is 33.8 Å². The fraction of sp³-hybridized carbons (Fsp3) is 0.296. The molecule has 0 aliphatic carbocycles. The van der Waals surface area contributed by atoms with Gasteiger partial charge in [0.1, 0.15) is 17.5 Å². The number of hydrogen-bond acceptors (Lipinski definition) is 7. The number of rotatable bonds is 5. The van der Waals surface area contributed by atoms with Crippen molar-refractivity contribution in [2.75, 3.05) is 19.3 Å². The Kier molecular flexibility index (Phi) is 7.68. The summed E-state index contributed by atoms with van der Waals surface area (Å²) in [4.78, 5) is 42.9. The Balaban J connectivity index is 1.31. The van der Waals surface area contributed by atoms with E-state index in [4.69, 9.17) is 0 Å². The van der Waals surface area contributed by atoms with Crippen molar-refractivity contribution in [1.82, 2.24) is 24.2 Å². The van der Waals surface area contributed by atoms with Crippen LogP contribution in [0.4, 0.5) is 17.6 Å². The summed E-state index contributed by atoms with van der Waals surface area (Å²) in [7, 11) is -3.68. The quantitative estimate of drug-likeness (QED) is 0.339. The molecule has 11 nitrogen and oxygen atoms in total. The SMILES string of the molecule is CS(=O)(=NC(=O)C(F)(F)F)c1ccc(-n2ncc3c(=O)n(CC4(O)CCN(C(=O)c5ccc(F)cc5)CC4)cnc32)cc1. The number of fused-ring (bicyclic) bond motifs is 1. The number of carbonyl (C=O) groups excluding carboxylic acids is 2. The van der Waals surface area contributed by atoms with E-state index in [1.54, 1.807) is 4.90 Å². The van der Waals surface area contributed by atoms with E-state index >= 15 is 0 Å². The van der Waals surface area contributed by atoms with Crippen molar-refractivity contribution in [3.8, 4) is 5.69 Å². The number of aliphatic hydroxyl groups is 1. The molecule has 226 valence electrons. The molecule has 1 fully saturated rings. The predicted molar refractivity (Wildman–Crippen MR) is 145 cm³/mol. The van der Waals surface area contributed by atoms with E-state index in [0.717, 1.165) is 6.26 Å². The molecule has 2 amide bonds. The maximum atomic E-state index is 13.2. The van der Waals surface area contributed by atoms with Crippen molar-refractivity contribution >= 4 is 32.6 Å². The van der Waals surface area contributed by atoms with Gasteiger partial charge < -0.3 is 10.0 Å². The van der Waals surface area contributed by atoms with E-state index in [2.05, 4.69) is 14.4 Å². The highest BCUT2D eigenvalue weighted by Gasteiger charge is 2.39. The van der Waals surface area contributed by atoms with Crippen molar-refractivity contribution in [2.24, 2.45) is 4.36 Å². The van der Waals surface area contributed by atoms with Gasteiger partial charge in [-0.1, -0.05) is 0 Å². The largest absolute Gasteiger partial charge is 0.474 e. The van der Waals surface area contributed by atoms with Gasteiger partial charge in [-0.25, -0.2) is 18.3 Å². The molecule has 1 atom stereocenters. The lowest BCUT2D eigenvalue weighted by molar-refractivity contribution is -0.169. The van der Waals surface area contributed by atoms with Crippen LogP contribution in [-0.2, 0) is 21.1 Å². The lowest BCUT2D eigenvalue weighted by Crippen LogP contribution is -2.49. The second kappa shape index (κ2) is 11.0. The van der Waals surface area contributed by atoms with Gasteiger partial charge in [0.2, 0.25) is 0 Å². The fourth-order valence-corrected chi connectivity index (χ4v) is 5.90. The molecule has 0 bridgehead atoms. The summed E-state index contributed by atoms with van der Waals surface area (Å²) in [6.07, 6.45) is -1.41. The molecule has 5 rings (SSSR count). The summed E-state index contributed by atoms with van der Waals surface area (Å²) in [6, 6.07) is 10.4. The minimum atomic E-state index is -5.25. The molecular formula is C27H24F4N6O5S. The van der Waals surface area contributed by atoms with Crippen LogP contribution in [0.25, 0.3) is 16.7 Å². The maximum absolute atomic E-state index is 13.2. The Morgan fingerprint density at radius 1 is 1.07 bits per heavy atom. The molecule has 43 heavy (non-hydrogen) atoms. The van der Waals surface area contributed by atoms with Gasteiger partial charge in [-0.05, 0) is 61.4 Å². The van der Waals surface area contributed by atoms with Gasteiger partial charge in [-0.2, -0.15) is 18.3 Å². The second-order valence-electron chi connectivity index (χ2n) is 10.2. The molecule has 0 saturated carbocycles. The standard InChI is InChI=1S/C27H24F4N6O5S/c1-43(42,34-25(40)27(29,30)31)20-8-6-19(7-9-20)37-22-21(14-33-37)24(39)36(16-32-22)15-26(41)10-12-35(13-11-26)23(38)17-2-4-18(28)5-3-17/h2-9,14,16,41H,10-13,15H2,1H3. The number of benzene rings is 2. The molecule has 4 aromatic rings. The van der Waals surface area contributed by atoms with Crippen LogP contribution in [0.5, 0.6) is 0 Å². The highest BCUT2D eigenvalue weighted by molar-refractivity contribution is 7.93. The monoisotopic (exact) mass is 620 g/mol. The maximum Gasteiger partial charge on any atom is 0.474 e. The van der Waals surface area contributed by atoms with Crippen LogP contribution in [0, 0.1) is 5.82 Å². The van der Waals surface area contributed by atoms with Crippen LogP contribution in [0.1, 0.15) is 23.2 Å². The first-order chi connectivity index (χ1) is 20.2. The fourth-order valence-electron chi connectivity index (χ4n) is 4.73.